The number of anilines is 2. The Balaban J connectivity index is 2.13. The predicted octanol–water partition coefficient (Wildman–Crippen LogP) is 3.52. The summed E-state index contributed by atoms with van der Waals surface area (Å²) in [5.74, 6) is 1.35. The van der Waals surface area contributed by atoms with Crippen LogP contribution < -0.4 is 5.32 Å². The third-order valence-electron chi connectivity index (χ3n) is 2.47. The highest BCUT2D eigenvalue weighted by Crippen LogP contribution is 2.16. The third-order valence-corrected chi connectivity index (χ3v) is 2.78. The Morgan fingerprint density at radius 2 is 1.94 bits per heavy atom. The molecule has 0 unspecified atom stereocenters. The summed E-state index contributed by atoms with van der Waals surface area (Å²) >= 11 is 5.74. The number of rotatable bonds is 4. The van der Waals surface area contributed by atoms with E-state index in [1.807, 2.05) is 30.3 Å². The number of hydrogen-bond acceptors (Lipinski definition) is 3. The second kappa shape index (κ2) is 5.64. The minimum absolute atomic E-state index is 0.535. The highest BCUT2D eigenvalue weighted by atomic mass is 35.5. The largest absolute Gasteiger partial charge is 0.340 e. The van der Waals surface area contributed by atoms with Crippen LogP contribution in [0.15, 0.2) is 36.7 Å². The van der Waals surface area contributed by atoms with Crippen molar-refractivity contribution in [1.29, 1.82) is 0 Å². The SMILES string of the molecule is CCc1cc(Nc2ccc(CCl)cc2)ncn1. The zero-order chi connectivity index (χ0) is 12.1. The van der Waals surface area contributed by atoms with Crippen LogP contribution >= 0.6 is 11.6 Å². The molecule has 3 nitrogen and oxygen atoms in total. The van der Waals surface area contributed by atoms with Crippen LogP contribution in [0.3, 0.4) is 0 Å². The van der Waals surface area contributed by atoms with Gasteiger partial charge in [-0.15, -0.1) is 11.6 Å². The monoisotopic (exact) mass is 247 g/mol. The quantitative estimate of drug-likeness (QED) is 0.840. The van der Waals surface area contributed by atoms with Gasteiger partial charge in [0.2, 0.25) is 0 Å². The van der Waals surface area contributed by atoms with E-state index in [0.717, 1.165) is 29.2 Å². The fraction of sp³-hybridized carbons (Fsp3) is 0.231. The standard InChI is InChI=1S/C13H14ClN3/c1-2-11-7-13(16-9-15-11)17-12-5-3-10(8-14)4-6-12/h3-7,9H,2,8H2,1H3,(H,15,16,17). The molecule has 17 heavy (non-hydrogen) atoms. The smallest absolute Gasteiger partial charge is 0.133 e. The molecule has 0 saturated carbocycles. The van der Waals surface area contributed by atoms with E-state index in [0.29, 0.717) is 5.88 Å². The first kappa shape index (κ1) is 11.9. The molecular weight excluding hydrogens is 234 g/mol. The lowest BCUT2D eigenvalue weighted by molar-refractivity contribution is 1.00. The van der Waals surface area contributed by atoms with Crippen LogP contribution in [0.25, 0.3) is 0 Å². The van der Waals surface area contributed by atoms with Gasteiger partial charge in [0.1, 0.15) is 12.1 Å². The maximum absolute atomic E-state index is 5.74. The summed E-state index contributed by atoms with van der Waals surface area (Å²) in [7, 11) is 0. The number of halogens is 1. The van der Waals surface area contributed by atoms with Crippen molar-refractivity contribution in [2.24, 2.45) is 0 Å². The molecule has 0 radical (unpaired) electrons. The first-order valence-electron chi connectivity index (χ1n) is 5.54. The summed E-state index contributed by atoms with van der Waals surface area (Å²) in [6.07, 6.45) is 2.48. The Morgan fingerprint density at radius 1 is 1.18 bits per heavy atom. The molecule has 0 aliphatic rings. The van der Waals surface area contributed by atoms with Gasteiger partial charge in [-0.05, 0) is 24.1 Å². The van der Waals surface area contributed by atoms with Crippen LogP contribution in [0.5, 0.6) is 0 Å². The molecule has 4 heteroatoms. The van der Waals surface area contributed by atoms with Crippen molar-refractivity contribution in [3.8, 4) is 0 Å². The molecule has 1 aromatic heterocycles. The summed E-state index contributed by atoms with van der Waals surface area (Å²) in [4.78, 5) is 8.34. The van der Waals surface area contributed by atoms with E-state index in [1.165, 1.54) is 0 Å². The Bertz CT molecular complexity index is 482. The highest BCUT2D eigenvalue weighted by molar-refractivity contribution is 6.17. The highest BCUT2D eigenvalue weighted by Gasteiger charge is 1.98. The van der Waals surface area contributed by atoms with Crippen LogP contribution in [0.4, 0.5) is 11.5 Å². The molecule has 0 amide bonds. The minimum atomic E-state index is 0.535. The second-order valence-electron chi connectivity index (χ2n) is 3.70. The normalized spacial score (nSPS) is 10.2. The number of benzene rings is 1. The van der Waals surface area contributed by atoms with Crippen molar-refractivity contribution in [3.63, 3.8) is 0 Å². The zero-order valence-electron chi connectivity index (χ0n) is 9.65. The molecule has 0 atom stereocenters. The van der Waals surface area contributed by atoms with Gasteiger partial charge in [-0.25, -0.2) is 9.97 Å². The van der Waals surface area contributed by atoms with Gasteiger partial charge >= 0.3 is 0 Å². The fourth-order valence-corrected chi connectivity index (χ4v) is 1.66. The molecule has 1 heterocycles. The molecule has 0 saturated heterocycles. The molecule has 0 fully saturated rings. The fourth-order valence-electron chi connectivity index (χ4n) is 1.48. The van der Waals surface area contributed by atoms with Crippen molar-refractivity contribution in [3.05, 3.63) is 47.9 Å². The first-order valence-corrected chi connectivity index (χ1v) is 6.08. The average molecular weight is 248 g/mol. The van der Waals surface area contributed by atoms with Crippen LogP contribution in [-0.4, -0.2) is 9.97 Å². The topological polar surface area (TPSA) is 37.8 Å². The van der Waals surface area contributed by atoms with E-state index in [9.17, 15) is 0 Å². The number of aromatic nitrogens is 2. The Hall–Kier alpha value is -1.61. The van der Waals surface area contributed by atoms with Crippen LogP contribution in [0.2, 0.25) is 0 Å². The lowest BCUT2D eigenvalue weighted by Crippen LogP contribution is -1.96. The van der Waals surface area contributed by atoms with E-state index in [4.69, 9.17) is 11.6 Å². The van der Waals surface area contributed by atoms with Gasteiger partial charge in [0.05, 0.1) is 0 Å². The van der Waals surface area contributed by atoms with Gasteiger partial charge in [-0.1, -0.05) is 19.1 Å². The molecular formula is C13H14ClN3. The Morgan fingerprint density at radius 3 is 2.59 bits per heavy atom. The molecule has 2 rings (SSSR count). The number of hydrogen-bond donors (Lipinski definition) is 1. The van der Waals surface area contributed by atoms with Crippen LogP contribution in [0, 0.1) is 0 Å². The lowest BCUT2D eigenvalue weighted by atomic mass is 10.2. The molecule has 0 aliphatic heterocycles. The summed E-state index contributed by atoms with van der Waals surface area (Å²) in [5, 5.41) is 3.24. The second-order valence-corrected chi connectivity index (χ2v) is 3.97. The molecule has 1 aromatic carbocycles. The lowest BCUT2D eigenvalue weighted by Gasteiger charge is -2.06. The van der Waals surface area contributed by atoms with Crippen LogP contribution in [0.1, 0.15) is 18.2 Å². The summed E-state index contributed by atoms with van der Waals surface area (Å²) in [5.41, 5.74) is 3.13. The van der Waals surface area contributed by atoms with Crippen molar-refractivity contribution >= 4 is 23.1 Å². The molecule has 0 spiro atoms. The summed E-state index contributed by atoms with van der Waals surface area (Å²) in [6, 6.07) is 9.93. The van der Waals surface area contributed by atoms with Crippen molar-refractivity contribution in [2.45, 2.75) is 19.2 Å². The van der Waals surface area contributed by atoms with Gasteiger partial charge in [0.25, 0.3) is 0 Å². The number of alkyl halides is 1. The molecule has 0 bridgehead atoms. The van der Waals surface area contributed by atoms with E-state index in [1.54, 1.807) is 6.33 Å². The van der Waals surface area contributed by atoms with Crippen molar-refractivity contribution in [2.75, 3.05) is 5.32 Å². The minimum Gasteiger partial charge on any atom is -0.340 e. The molecule has 0 aliphatic carbocycles. The average Bonchev–Trinajstić information content (AvgIpc) is 2.40. The first-order chi connectivity index (χ1) is 8.31. The number of aryl methyl sites for hydroxylation is 1. The van der Waals surface area contributed by atoms with Crippen molar-refractivity contribution in [1.82, 2.24) is 9.97 Å². The predicted molar refractivity (Wildman–Crippen MR) is 70.7 cm³/mol. The van der Waals surface area contributed by atoms with E-state index in [2.05, 4.69) is 22.2 Å². The number of nitrogens with one attached hydrogen (secondary N) is 1. The van der Waals surface area contributed by atoms with Crippen LogP contribution in [-0.2, 0) is 12.3 Å². The van der Waals surface area contributed by atoms with E-state index < -0.39 is 0 Å². The van der Waals surface area contributed by atoms with Gasteiger partial charge < -0.3 is 5.32 Å². The van der Waals surface area contributed by atoms with Crippen molar-refractivity contribution < 1.29 is 0 Å². The van der Waals surface area contributed by atoms with E-state index >= 15 is 0 Å². The Labute approximate surface area is 106 Å². The van der Waals surface area contributed by atoms with Gasteiger partial charge in [-0.3, -0.25) is 0 Å². The van der Waals surface area contributed by atoms with Gasteiger partial charge in [0.15, 0.2) is 0 Å². The zero-order valence-corrected chi connectivity index (χ0v) is 10.4. The third kappa shape index (κ3) is 3.17. The summed E-state index contributed by atoms with van der Waals surface area (Å²) in [6.45, 7) is 2.07. The Kier molecular flexibility index (Phi) is 3.94. The molecule has 2 aromatic rings. The maximum Gasteiger partial charge on any atom is 0.133 e. The summed E-state index contributed by atoms with van der Waals surface area (Å²) < 4.78 is 0. The number of nitrogens with zero attached hydrogens (tertiary/aromatic N) is 2. The van der Waals surface area contributed by atoms with Gasteiger partial charge in [-0.2, -0.15) is 0 Å². The molecule has 88 valence electrons. The van der Waals surface area contributed by atoms with Gasteiger partial charge in [0, 0.05) is 23.3 Å². The van der Waals surface area contributed by atoms with E-state index in [-0.39, 0.29) is 0 Å². The molecule has 1 N–H and O–H groups in total. The maximum atomic E-state index is 5.74.